The SMILES string of the molecule is C/C=C\N(/C=N/CC1CCC(C)CC1)CCC. The smallest absolute Gasteiger partial charge is 0.0889 e. The van der Waals surface area contributed by atoms with Crippen molar-refractivity contribution in [1.29, 1.82) is 0 Å². The molecule has 2 nitrogen and oxygen atoms in total. The monoisotopic (exact) mass is 236 g/mol. The number of allylic oxidation sites excluding steroid dienone is 1. The maximum atomic E-state index is 4.61. The highest BCUT2D eigenvalue weighted by atomic mass is 15.1. The van der Waals surface area contributed by atoms with Gasteiger partial charge in [-0.2, -0.15) is 0 Å². The molecule has 1 aliphatic carbocycles. The number of aliphatic imine (C=N–C) groups is 1. The molecule has 0 heterocycles. The van der Waals surface area contributed by atoms with Crippen molar-refractivity contribution in [2.45, 2.75) is 52.9 Å². The van der Waals surface area contributed by atoms with Crippen molar-refractivity contribution in [2.24, 2.45) is 16.8 Å². The van der Waals surface area contributed by atoms with Crippen LogP contribution in [0.25, 0.3) is 0 Å². The number of hydrogen-bond donors (Lipinski definition) is 0. The van der Waals surface area contributed by atoms with Gasteiger partial charge in [0.25, 0.3) is 0 Å². The lowest BCUT2D eigenvalue weighted by atomic mass is 9.83. The van der Waals surface area contributed by atoms with Gasteiger partial charge in [0.2, 0.25) is 0 Å². The summed E-state index contributed by atoms with van der Waals surface area (Å²) in [5, 5.41) is 0. The molecular formula is C15H28N2. The summed E-state index contributed by atoms with van der Waals surface area (Å²) in [5.74, 6) is 1.77. The molecule has 1 rings (SSSR count). The maximum absolute atomic E-state index is 4.61. The molecule has 0 amide bonds. The summed E-state index contributed by atoms with van der Waals surface area (Å²) in [7, 11) is 0. The Morgan fingerprint density at radius 3 is 2.53 bits per heavy atom. The van der Waals surface area contributed by atoms with E-state index in [4.69, 9.17) is 0 Å². The lowest BCUT2D eigenvalue weighted by molar-refractivity contribution is 0.296. The van der Waals surface area contributed by atoms with Crippen LogP contribution in [-0.4, -0.2) is 24.3 Å². The van der Waals surface area contributed by atoms with Gasteiger partial charge in [-0.15, -0.1) is 0 Å². The van der Waals surface area contributed by atoms with Gasteiger partial charge >= 0.3 is 0 Å². The van der Waals surface area contributed by atoms with Gasteiger partial charge in [-0.1, -0.05) is 32.8 Å². The Hall–Kier alpha value is -0.790. The number of hydrogen-bond acceptors (Lipinski definition) is 1. The quantitative estimate of drug-likeness (QED) is 0.501. The highest BCUT2D eigenvalue weighted by molar-refractivity contribution is 5.56. The van der Waals surface area contributed by atoms with Crippen LogP contribution in [0.5, 0.6) is 0 Å². The third kappa shape index (κ3) is 5.90. The molecule has 0 unspecified atom stereocenters. The molecule has 1 aliphatic rings. The third-order valence-electron chi connectivity index (χ3n) is 3.55. The van der Waals surface area contributed by atoms with Crippen LogP contribution in [0, 0.1) is 11.8 Å². The van der Waals surface area contributed by atoms with Crippen LogP contribution in [0.1, 0.15) is 52.9 Å². The van der Waals surface area contributed by atoms with E-state index in [1.165, 1.54) is 25.7 Å². The highest BCUT2D eigenvalue weighted by Gasteiger charge is 2.17. The minimum Gasteiger partial charge on any atom is -0.340 e. The van der Waals surface area contributed by atoms with Crippen LogP contribution in [0.2, 0.25) is 0 Å². The van der Waals surface area contributed by atoms with Crippen molar-refractivity contribution in [3.8, 4) is 0 Å². The molecule has 0 atom stereocenters. The fourth-order valence-electron chi connectivity index (χ4n) is 2.43. The first-order chi connectivity index (χ1) is 8.26. The van der Waals surface area contributed by atoms with Crippen molar-refractivity contribution in [3.05, 3.63) is 12.3 Å². The van der Waals surface area contributed by atoms with E-state index in [-0.39, 0.29) is 0 Å². The second kappa shape index (κ2) is 8.32. The fourth-order valence-corrected chi connectivity index (χ4v) is 2.43. The average Bonchev–Trinajstić information content (AvgIpc) is 2.32. The second-order valence-corrected chi connectivity index (χ2v) is 5.33. The molecular weight excluding hydrogens is 208 g/mol. The number of rotatable bonds is 6. The summed E-state index contributed by atoms with van der Waals surface area (Å²) in [6.45, 7) is 8.71. The summed E-state index contributed by atoms with van der Waals surface area (Å²) in [4.78, 5) is 6.79. The van der Waals surface area contributed by atoms with E-state index in [0.717, 1.165) is 31.3 Å². The van der Waals surface area contributed by atoms with Gasteiger partial charge in [0.15, 0.2) is 0 Å². The molecule has 1 saturated carbocycles. The van der Waals surface area contributed by atoms with E-state index in [0.29, 0.717) is 0 Å². The van der Waals surface area contributed by atoms with Crippen LogP contribution in [0.3, 0.4) is 0 Å². The molecule has 0 bridgehead atoms. The second-order valence-electron chi connectivity index (χ2n) is 5.33. The van der Waals surface area contributed by atoms with Gasteiger partial charge in [0.05, 0.1) is 6.34 Å². The molecule has 0 spiro atoms. The van der Waals surface area contributed by atoms with Crippen molar-refractivity contribution in [3.63, 3.8) is 0 Å². The van der Waals surface area contributed by atoms with E-state index in [9.17, 15) is 0 Å². The molecule has 2 heteroatoms. The lowest BCUT2D eigenvalue weighted by Gasteiger charge is -2.24. The molecule has 1 fully saturated rings. The summed E-state index contributed by atoms with van der Waals surface area (Å²) in [5.41, 5.74) is 0. The van der Waals surface area contributed by atoms with E-state index in [1.807, 2.05) is 6.34 Å². The summed E-state index contributed by atoms with van der Waals surface area (Å²) in [6, 6.07) is 0. The minimum absolute atomic E-state index is 0.830. The van der Waals surface area contributed by atoms with Crippen LogP contribution < -0.4 is 0 Å². The van der Waals surface area contributed by atoms with Crippen LogP contribution in [0.15, 0.2) is 17.3 Å². The predicted octanol–water partition coefficient (Wildman–Crippen LogP) is 4.09. The summed E-state index contributed by atoms with van der Waals surface area (Å²) in [6.07, 6.45) is 12.9. The molecule has 17 heavy (non-hydrogen) atoms. The molecule has 0 saturated heterocycles. The minimum atomic E-state index is 0.830. The zero-order valence-electron chi connectivity index (χ0n) is 11.7. The molecule has 0 aliphatic heterocycles. The zero-order valence-corrected chi connectivity index (χ0v) is 11.7. The van der Waals surface area contributed by atoms with E-state index in [1.54, 1.807) is 0 Å². The molecule has 0 aromatic heterocycles. The topological polar surface area (TPSA) is 15.6 Å². The Morgan fingerprint density at radius 1 is 1.24 bits per heavy atom. The Morgan fingerprint density at radius 2 is 1.94 bits per heavy atom. The Bertz CT molecular complexity index is 237. The molecule has 0 aromatic carbocycles. The van der Waals surface area contributed by atoms with E-state index < -0.39 is 0 Å². The molecule has 0 N–H and O–H groups in total. The predicted molar refractivity (Wildman–Crippen MR) is 76.3 cm³/mol. The van der Waals surface area contributed by atoms with Crippen molar-refractivity contribution >= 4 is 6.34 Å². The lowest BCUT2D eigenvalue weighted by Crippen LogP contribution is -2.18. The van der Waals surface area contributed by atoms with Crippen LogP contribution in [0.4, 0.5) is 0 Å². The van der Waals surface area contributed by atoms with Crippen LogP contribution in [-0.2, 0) is 0 Å². The Labute approximate surface area is 107 Å². The summed E-state index contributed by atoms with van der Waals surface area (Å²) >= 11 is 0. The van der Waals surface area contributed by atoms with Gasteiger partial charge in [0, 0.05) is 19.3 Å². The largest absolute Gasteiger partial charge is 0.340 e. The van der Waals surface area contributed by atoms with Crippen molar-refractivity contribution in [2.75, 3.05) is 13.1 Å². The Kier molecular flexibility index (Phi) is 6.99. The van der Waals surface area contributed by atoms with Crippen molar-refractivity contribution in [1.82, 2.24) is 4.90 Å². The zero-order chi connectivity index (χ0) is 12.5. The molecule has 98 valence electrons. The normalized spacial score (nSPS) is 25.8. The highest BCUT2D eigenvalue weighted by Crippen LogP contribution is 2.28. The standard InChI is InChI=1S/C15H28N2/c1-4-10-17(11-5-2)13-16-12-15-8-6-14(3)7-9-15/h4,10,13-15H,5-9,11-12H2,1-3H3/b10-4-,16-13+. The first-order valence-corrected chi connectivity index (χ1v) is 7.14. The van der Waals surface area contributed by atoms with Crippen LogP contribution >= 0.6 is 0 Å². The summed E-state index contributed by atoms with van der Waals surface area (Å²) < 4.78 is 0. The number of nitrogens with zero attached hydrogens (tertiary/aromatic N) is 2. The van der Waals surface area contributed by atoms with E-state index in [2.05, 4.69) is 42.9 Å². The Balaban J connectivity index is 2.27. The average molecular weight is 236 g/mol. The van der Waals surface area contributed by atoms with Crippen molar-refractivity contribution < 1.29 is 0 Å². The van der Waals surface area contributed by atoms with Gasteiger partial charge in [-0.3, -0.25) is 4.99 Å². The van der Waals surface area contributed by atoms with Gasteiger partial charge in [-0.25, -0.2) is 0 Å². The fraction of sp³-hybridized carbons (Fsp3) is 0.800. The van der Waals surface area contributed by atoms with Gasteiger partial charge < -0.3 is 4.90 Å². The molecule has 0 aromatic rings. The van der Waals surface area contributed by atoms with Gasteiger partial charge in [-0.05, 0) is 38.0 Å². The third-order valence-corrected chi connectivity index (χ3v) is 3.55. The first-order valence-electron chi connectivity index (χ1n) is 7.14. The van der Waals surface area contributed by atoms with E-state index >= 15 is 0 Å². The maximum Gasteiger partial charge on any atom is 0.0889 e. The molecule has 0 radical (unpaired) electrons. The van der Waals surface area contributed by atoms with Gasteiger partial charge in [0.1, 0.15) is 0 Å². The first kappa shape index (κ1) is 14.3.